The lowest BCUT2D eigenvalue weighted by atomic mass is 10.0. The number of rotatable bonds is 4. The number of carbonyl (C=O) groups is 2. The van der Waals surface area contributed by atoms with Crippen molar-refractivity contribution in [3.8, 4) is 22.6 Å². The maximum Gasteiger partial charge on any atom is 0.407 e. The van der Waals surface area contributed by atoms with E-state index in [1.54, 1.807) is 51.7 Å². The second-order valence-electron chi connectivity index (χ2n) is 8.28. The van der Waals surface area contributed by atoms with Crippen LogP contribution in [-0.4, -0.2) is 61.5 Å². The van der Waals surface area contributed by atoms with Crippen LogP contribution in [0.3, 0.4) is 0 Å². The van der Waals surface area contributed by atoms with E-state index in [0.29, 0.717) is 35.4 Å². The second kappa shape index (κ2) is 8.64. The van der Waals surface area contributed by atoms with Crippen molar-refractivity contribution in [3.05, 3.63) is 76.8 Å². The van der Waals surface area contributed by atoms with Crippen LogP contribution >= 0.6 is 0 Å². The number of amides is 1. The third kappa shape index (κ3) is 3.78. The molecule has 3 heterocycles. The summed E-state index contributed by atoms with van der Waals surface area (Å²) in [6.07, 6.45) is 1.14. The molecule has 1 aliphatic rings. The average molecular weight is 474 g/mol. The fourth-order valence-electron chi connectivity index (χ4n) is 4.55. The van der Waals surface area contributed by atoms with Crippen molar-refractivity contribution >= 4 is 23.2 Å². The van der Waals surface area contributed by atoms with Gasteiger partial charge in [-0.25, -0.2) is 19.4 Å². The summed E-state index contributed by atoms with van der Waals surface area (Å²) in [5.41, 5.74) is 2.99. The lowest BCUT2D eigenvalue weighted by molar-refractivity contribution is 0.0597. The number of aromatic nitrogens is 3. The molecule has 5 rings (SSSR count). The zero-order valence-corrected chi connectivity index (χ0v) is 18.8. The first kappa shape index (κ1) is 22.2. The molecule has 10 heteroatoms. The minimum Gasteiger partial charge on any atom is -0.507 e. The van der Waals surface area contributed by atoms with E-state index in [1.165, 1.54) is 18.1 Å². The van der Waals surface area contributed by atoms with Gasteiger partial charge in [0.25, 0.3) is 0 Å². The highest BCUT2D eigenvalue weighted by molar-refractivity contribution is 5.94. The molecule has 1 fully saturated rings. The number of benzene rings is 2. The number of ether oxygens (including phenoxy) is 1. The standard InChI is InChI=1S/C25H22N4O6/c1-35-23(31)19-13-16(6-9-21(19)30)15-4-7-17(8-5-15)28-20-3-2-11-26-22(20)29(24(28)32)18-10-12-27(14-18)25(33)34/h2-9,11,13,18,30H,10,12,14H2,1H3,(H,33,34). The van der Waals surface area contributed by atoms with Crippen molar-refractivity contribution in [2.45, 2.75) is 12.5 Å². The Labute approximate surface area is 199 Å². The highest BCUT2D eigenvalue weighted by Gasteiger charge is 2.31. The monoisotopic (exact) mass is 474 g/mol. The minimum atomic E-state index is -1.00. The normalized spacial score (nSPS) is 15.5. The maximum absolute atomic E-state index is 13.5. The molecule has 1 atom stereocenters. The first-order valence-electron chi connectivity index (χ1n) is 11.0. The van der Waals surface area contributed by atoms with Crippen molar-refractivity contribution in [1.29, 1.82) is 0 Å². The molecule has 1 unspecified atom stereocenters. The van der Waals surface area contributed by atoms with E-state index in [-0.39, 0.29) is 29.6 Å². The van der Waals surface area contributed by atoms with Crippen LogP contribution in [0.4, 0.5) is 4.79 Å². The van der Waals surface area contributed by atoms with Gasteiger partial charge in [-0.05, 0) is 53.9 Å². The van der Waals surface area contributed by atoms with Crippen molar-refractivity contribution < 1.29 is 24.5 Å². The quantitative estimate of drug-likeness (QED) is 0.435. The van der Waals surface area contributed by atoms with Crippen LogP contribution in [0.5, 0.6) is 5.75 Å². The minimum absolute atomic E-state index is 0.0615. The number of fused-ring (bicyclic) bond motifs is 1. The van der Waals surface area contributed by atoms with Crippen LogP contribution in [0.15, 0.2) is 65.6 Å². The molecule has 178 valence electrons. The lowest BCUT2D eigenvalue weighted by Crippen LogP contribution is -2.31. The van der Waals surface area contributed by atoms with Gasteiger partial charge in [0, 0.05) is 19.3 Å². The molecule has 1 aliphatic heterocycles. The molecule has 4 aromatic rings. The van der Waals surface area contributed by atoms with Crippen LogP contribution in [0.1, 0.15) is 22.8 Å². The number of carbonyl (C=O) groups excluding carboxylic acids is 1. The number of nitrogens with zero attached hydrogens (tertiary/aromatic N) is 4. The van der Waals surface area contributed by atoms with E-state index in [2.05, 4.69) is 4.98 Å². The molecule has 1 saturated heterocycles. The molecule has 0 aliphatic carbocycles. The highest BCUT2D eigenvalue weighted by Crippen LogP contribution is 2.29. The van der Waals surface area contributed by atoms with Gasteiger partial charge in [0.05, 0.1) is 24.4 Å². The van der Waals surface area contributed by atoms with E-state index < -0.39 is 12.1 Å². The van der Waals surface area contributed by atoms with Crippen LogP contribution in [0, 0.1) is 0 Å². The molecule has 10 nitrogen and oxygen atoms in total. The fourth-order valence-corrected chi connectivity index (χ4v) is 4.55. The number of carboxylic acid groups (broad SMARTS) is 1. The van der Waals surface area contributed by atoms with Gasteiger partial charge in [0.15, 0.2) is 5.65 Å². The Balaban J connectivity index is 1.55. The summed E-state index contributed by atoms with van der Waals surface area (Å²) in [5.74, 6) is -0.807. The van der Waals surface area contributed by atoms with Crippen molar-refractivity contribution in [2.75, 3.05) is 20.2 Å². The fraction of sp³-hybridized carbons (Fsp3) is 0.200. The smallest absolute Gasteiger partial charge is 0.407 e. The Bertz CT molecular complexity index is 1500. The van der Waals surface area contributed by atoms with Crippen LogP contribution in [-0.2, 0) is 4.74 Å². The largest absolute Gasteiger partial charge is 0.507 e. The topological polar surface area (TPSA) is 127 Å². The van der Waals surface area contributed by atoms with E-state index in [0.717, 1.165) is 5.56 Å². The maximum atomic E-state index is 13.5. The van der Waals surface area contributed by atoms with Gasteiger partial charge in [-0.3, -0.25) is 9.13 Å². The van der Waals surface area contributed by atoms with E-state index in [1.807, 2.05) is 12.1 Å². The predicted molar refractivity (Wildman–Crippen MR) is 127 cm³/mol. The number of hydrogen-bond donors (Lipinski definition) is 2. The third-order valence-electron chi connectivity index (χ3n) is 6.29. The Morgan fingerprint density at radius 1 is 1.09 bits per heavy atom. The van der Waals surface area contributed by atoms with Crippen molar-refractivity contribution in [3.63, 3.8) is 0 Å². The summed E-state index contributed by atoms with van der Waals surface area (Å²) in [4.78, 5) is 42.6. The van der Waals surface area contributed by atoms with Crippen LogP contribution in [0.25, 0.3) is 28.0 Å². The first-order chi connectivity index (χ1) is 16.9. The predicted octanol–water partition coefficient (Wildman–Crippen LogP) is 3.27. The zero-order chi connectivity index (χ0) is 24.7. The van der Waals surface area contributed by atoms with Gasteiger partial charge >= 0.3 is 17.8 Å². The lowest BCUT2D eigenvalue weighted by Gasteiger charge is -2.13. The van der Waals surface area contributed by atoms with Gasteiger partial charge in [0.1, 0.15) is 11.3 Å². The van der Waals surface area contributed by atoms with Gasteiger partial charge in [-0.1, -0.05) is 18.2 Å². The number of hydrogen-bond acceptors (Lipinski definition) is 6. The summed E-state index contributed by atoms with van der Waals surface area (Å²) in [5, 5.41) is 19.3. The summed E-state index contributed by atoms with van der Waals surface area (Å²) in [6.45, 7) is 0.591. The van der Waals surface area contributed by atoms with Gasteiger partial charge in [-0.2, -0.15) is 0 Å². The Hall–Kier alpha value is -4.60. The number of phenolic OH excluding ortho intramolecular Hbond substituents is 1. The number of likely N-dealkylation sites (tertiary alicyclic amines) is 1. The summed E-state index contributed by atoms with van der Waals surface area (Å²) in [6, 6.07) is 15.1. The Morgan fingerprint density at radius 3 is 2.51 bits per heavy atom. The summed E-state index contributed by atoms with van der Waals surface area (Å²) >= 11 is 0. The summed E-state index contributed by atoms with van der Waals surface area (Å²) < 4.78 is 7.86. The number of imidazole rings is 1. The van der Waals surface area contributed by atoms with Gasteiger partial charge < -0.3 is 19.8 Å². The van der Waals surface area contributed by atoms with E-state index in [9.17, 15) is 24.6 Å². The molecule has 1 amide bonds. The van der Waals surface area contributed by atoms with Gasteiger partial charge in [-0.15, -0.1) is 0 Å². The molecule has 0 bridgehead atoms. The summed E-state index contributed by atoms with van der Waals surface area (Å²) in [7, 11) is 1.25. The Kier molecular flexibility index (Phi) is 5.48. The van der Waals surface area contributed by atoms with Gasteiger partial charge in [0.2, 0.25) is 0 Å². The Morgan fingerprint density at radius 2 is 1.83 bits per heavy atom. The number of methoxy groups -OCH3 is 1. The second-order valence-corrected chi connectivity index (χ2v) is 8.28. The molecule has 35 heavy (non-hydrogen) atoms. The molecule has 0 radical (unpaired) electrons. The van der Waals surface area contributed by atoms with Crippen LogP contribution < -0.4 is 5.69 Å². The number of esters is 1. The third-order valence-corrected chi connectivity index (χ3v) is 6.29. The van der Waals surface area contributed by atoms with Crippen molar-refractivity contribution in [2.24, 2.45) is 0 Å². The molecular weight excluding hydrogens is 452 g/mol. The van der Waals surface area contributed by atoms with E-state index >= 15 is 0 Å². The molecule has 2 aromatic carbocycles. The van der Waals surface area contributed by atoms with E-state index in [4.69, 9.17) is 4.74 Å². The van der Waals surface area contributed by atoms with Crippen LogP contribution in [0.2, 0.25) is 0 Å². The molecule has 0 spiro atoms. The number of phenols is 1. The average Bonchev–Trinajstić information content (AvgIpc) is 3.46. The number of pyridine rings is 1. The molecular formula is C25H22N4O6. The highest BCUT2D eigenvalue weighted by atomic mass is 16.5. The first-order valence-corrected chi connectivity index (χ1v) is 11.0. The van der Waals surface area contributed by atoms with Crippen molar-refractivity contribution in [1.82, 2.24) is 19.0 Å². The molecule has 2 aromatic heterocycles. The molecule has 2 N–H and O–H groups in total. The number of aromatic hydroxyl groups is 1. The SMILES string of the molecule is COC(=O)c1cc(-c2ccc(-n3c(=O)n(C4CCN(C(=O)O)C4)c4ncccc43)cc2)ccc1O. The zero-order valence-electron chi connectivity index (χ0n) is 18.8. The molecule has 0 saturated carbocycles.